The van der Waals surface area contributed by atoms with Crippen LogP contribution in [0.4, 0.5) is 0 Å². The van der Waals surface area contributed by atoms with Crippen molar-refractivity contribution in [2.24, 2.45) is 11.8 Å². The Hall–Kier alpha value is -0.900. The second kappa shape index (κ2) is 7.43. The van der Waals surface area contributed by atoms with Gasteiger partial charge in [0.1, 0.15) is 12.2 Å². The van der Waals surface area contributed by atoms with Crippen LogP contribution in [0.2, 0.25) is 0 Å². The molecule has 1 N–H and O–H groups in total. The van der Waals surface area contributed by atoms with Gasteiger partial charge in [-0.15, -0.1) is 0 Å². The van der Waals surface area contributed by atoms with E-state index in [4.69, 9.17) is 0 Å². The number of rotatable bonds is 8. The average molecular weight is 238 g/mol. The molecular weight excluding hydrogens is 212 g/mol. The van der Waals surface area contributed by atoms with Crippen molar-refractivity contribution in [2.45, 2.75) is 47.1 Å². The van der Waals surface area contributed by atoms with E-state index in [-0.39, 0.29) is 0 Å². The Morgan fingerprint density at radius 2 is 2.12 bits per heavy atom. The van der Waals surface area contributed by atoms with Gasteiger partial charge in [0.15, 0.2) is 0 Å². The summed E-state index contributed by atoms with van der Waals surface area (Å²) in [5, 5.41) is 7.67. The van der Waals surface area contributed by atoms with E-state index in [0.29, 0.717) is 11.8 Å². The first kappa shape index (κ1) is 14.2. The normalized spacial score (nSPS) is 13.2. The molecule has 0 aliphatic carbocycles. The van der Waals surface area contributed by atoms with Crippen molar-refractivity contribution in [3.63, 3.8) is 0 Å². The fourth-order valence-electron chi connectivity index (χ4n) is 1.85. The van der Waals surface area contributed by atoms with Gasteiger partial charge in [-0.25, -0.2) is 9.67 Å². The Balaban J connectivity index is 2.38. The van der Waals surface area contributed by atoms with Crippen molar-refractivity contribution in [2.75, 3.05) is 13.1 Å². The molecule has 0 fully saturated rings. The first-order chi connectivity index (χ1) is 8.13. The minimum Gasteiger partial charge on any atom is -0.317 e. The molecule has 1 atom stereocenters. The highest BCUT2D eigenvalue weighted by atomic mass is 15.3. The maximum absolute atomic E-state index is 4.35. The second-order valence-electron chi connectivity index (χ2n) is 5.20. The van der Waals surface area contributed by atoms with Crippen LogP contribution in [0.15, 0.2) is 6.33 Å². The maximum Gasteiger partial charge on any atom is 0.138 e. The Labute approximate surface area is 105 Å². The van der Waals surface area contributed by atoms with Gasteiger partial charge in [-0.2, -0.15) is 5.10 Å². The van der Waals surface area contributed by atoms with Crippen molar-refractivity contribution in [3.8, 4) is 0 Å². The topological polar surface area (TPSA) is 42.7 Å². The summed E-state index contributed by atoms with van der Waals surface area (Å²) in [6.07, 6.45) is 3.87. The van der Waals surface area contributed by atoms with Crippen LogP contribution >= 0.6 is 0 Å². The van der Waals surface area contributed by atoms with Gasteiger partial charge in [0.2, 0.25) is 0 Å². The molecule has 1 aromatic rings. The minimum absolute atomic E-state index is 0.620. The zero-order valence-corrected chi connectivity index (χ0v) is 11.6. The fourth-order valence-corrected chi connectivity index (χ4v) is 1.85. The van der Waals surface area contributed by atoms with Crippen LogP contribution in [0.5, 0.6) is 0 Å². The van der Waals surface area contributed by atoms with Gasteiger partial charge >= 0.3 is 0 Å². The van der Waals surface area contributed by atoms with E-state index in [0.717, 1.165) is 31.9 Å². The number of nitrogens with one attached hydrogen (secondary N) is 1. The summed E-state index contributed by atoms with van der Waals surface area (Å²) in [6.45, 7) is 12.0. The van der Waals surface area contributed by atoms with Crippen LogP contribution in [-0.4, -0.2) is 27.9 Å². The molecule has 0 aromatic carbocycles. The highest BCUT2D eigenvalue weighted by Crippen LogP contribution is 2.08. The lowest BCUT2D eigenvalue weighted by Gasteiger charge is -2.12. The molecular formula is C13H26N4. The molecule has 4 nitrogen and oxygen atoms in total. The van der Waals surface area contributed by atoms with E-state index in [1.165, 1.54) is 6.42 Å². The standard InChI is InChI=1S/C13H26N4/c1-5-14-8-12(4)6-7-13-15-10-16-17(13)9-11(2)3/h10-12,14H,5-9H2,1-4H3. The predicted molar refractivity (Wildman–Crippen MR) is 70.9 cm³/mol. The van der Waals surface area contributed by atoms with Crippen LogP contribution in [-0.2, 0) is 13.0 Å². The molecule has 1 heterocycles. The highest BCUT2D eigenvalue weighted by molar-refractivity contribution is 4.85. The van der Waals surface area contributed by atoms with E-state index in [1.807, 2.05) is 4.68 Å². The number of aryl methyl sites for hydroxylation is 1. The summed E-state index contributed by atoms with van der Waals surface area (Å²) in [4.78, 5) is 4.35. The Morgan fingerprint density at radius 1 is 1.35 bits per heavy atom. The van der Waals surface area contributed by atoms with E-state index in [9.17, 15) is 0 Å². The van der Waals surface area contributed by atoms with Crippen LogP contribution in [0.25, 0.3) is 0 Å². The molecule has 0 amide bonds. The average Bonchev–Trinajstić information content (AvgIpc) is 2.70. The Morgan fingerprint density at radius 3 is 2.76 bits per heavy atom. The lowest BCUT2D eigenvalue weighted by molar-refractivity contribution is 0.442. The summed E-state index contributed by atoms with van der Waals surface area (Å²) in [5.41, 5.74) is 0. The minimum atomic E-state index is 0.620. The number of aromatic nitrogens is 3. The summed E-state index contributed by atoms with van der Waals surface area (Å²) >= 11 is 0. The van der Waals surface area contributed by atoms with Gasteiger partial charge in [0, 0.05) is 13.0 Å². The molecule has 4 heteroatoms. The van der Waals surface area contributed by atoms with Crippen molar-refractivity contribution in [1.82, 2.24) is 20.1 Å². The summed E-state index contributed by atoms with van der Waals surface area (Å²) in [6, 6.07) is 0. The molecule has 1 unspecified atom stereocenters. The summed E-state index contributed by atoms with van der Waals surface area (Å²) < 4.78 is 2.05. The number of hydrogen-bond acceptors (Lipinski definition) is 3. The molecule has 0 saturated heterocycles. The molecule has 0 aliphatic heterocycles. The Kier molecular flexibility index (Phi) is 6.19. The van der Waals surface area contributed by atoms with Gasteiger partial charge in [0.05, 0.1) is 0 Å². The van der Waals surface area contributed by atoms with Gasteiger partial charge in [-0.1, -0.05) is 27.7 Å². The van der Waals surface area contributed by atoms with E-state index < -0.39 is 0 Å². The van der Waals surface area contributed by atoms with Crippen molar-refractivity contribution >= 4 is 0 Å². The number of nitrogens with zero attached hydrogens (tertiary/aromatic N) is 3. The molecule has 0 aliphatic rings. The van der Waals surface area contributed by atoms with E-state index >= 15 is 0 Å². The first-order valence-electron chi connectivity index (χ1n) is 6.70. The van der Waals surface area contributed by atoms with Crippen molar-refractivity contribution < 1.29 is 0 Å². The van der Waals surface area contributed by atoms with Crippen LogP contribution < -0.4 is 5.32 Å². The molecule has 98 valence electrons. The zero-order valence-electron chi connectivity index (χ0n) is 11.6. The van der Waals surface area contributed by atoms with Gasteiger partial charge in [-0.05, 0) is 31.3 Å². The van der Waals surface area contributed by atoms with Crippen molar-refractivity contribution in [3.05, 3.63) is 12.2 Å². The first-order valence-corrected chi connectivity index (χ1v) is 6.70. The molecule has 0 bridgehead atoms. The highest BCUT2D eigenvalue weighted by Gasteiger charge is 2.08. The van der Waals surface area contributed by atoms with Gasteiger partial charge < -0.3 is 5.32 Å². The molecule has 0 saturated carbocycles. The summed E-state index contributed by atoms with van der Waals surface area (Å²) in [7, 11) is 0. The monoisotopic (exact) mass is 238 g/mol. The van der Waals surface area contributed by atoms with Crippen LogP contribution in [0, 0.1) is 11.8 Å². The van der Waals surface area contributed by atoms with Gasteiger partial charge in [0.25, 0.3) is 0 Å². The lowest BCUT2D eigenvalue weighted by Crippen LogP contribution is -2.21. The van der Waals surface area contributed by atoms with Crippen LogP contribution in [0.3, 0.4) is 0 Å². The Bertz CT molecular complexity index is 306. The maximum atomic E-state index is 4.35. The quantitative estimate of drug-likeness (QED) is 0.754. The summed E-state index contributed by atoms with van der Waals surface area (Å²) in [5.74, 6) is 2.44. The van der Waals surface area contributed by atoms with Crippen LogP contribution in [0.1, 0.15) is 39.9 Å². The van der Waals surface area contributed by atoms with Gasteiger partial charge in [-0.3, -0.25) is 0 Å². The third kappa shape index (κ3) is 5.31. The fraction of sp³-hybridized carbons (Fsp3) is 0.846. The largest absolute Gasteiger partial charge is 0.317 e. The predicted octanol–water partition coefficient (Wildman–Crippen LogP) is 2.11. The van der Waals surface area contributed by atoms with Crippen molar-refractivity contribution in [1.29, 1.82) is 0 Å². The third-order valence-corrected chi connectivity index (χ3v) is 2.84. The molecule has 0 radical (unpaired) electrons. The smallest absolute Gasteiger partial charge is 0.138 e. The third-order valence-electron chi connectivity index (χ3n) is 2.84. The molecule has 0 spiro atoms. The second-order valence-corrected chi connectivity index (χ2v) is 5.20. The number of hydrogen-bond donors (Lipinski definition) is 1. The molecule has 1 aromatic heterocycles. The van der Waals surface area contributed by atoms with E-state index in [1.54, 1.807) is 6.33 Å². The molecule has 1 rings (SSSR count). The SMILES string of the molecule is CCNCC(C)CCc1ncnn1CC(C)C. The van der Waals surface area contributed by atoms with E-state index in [2.05, 4.69) is 43.1 Å². The lowest BCUT2D eigenvalue weighted by atomic mass is 10.1. The molecule has 17 heavy (non-hydrogen) atoms. The zero-order chi connectivity index (χ0) is 12.7.